The van der Waals surface area contributed by atoms with Gasteiger partial charge in [-0.15, -0.1) is 0 Å². The molecular formula is C18H37O2. The van der Waals surface area contributed by atoms with E-state index < -0.39 is 6.29 Å². The Morgan fingerprint density at radius 2 is 1.55 bits per heavy atom. The van der Waals surface area contributed by atoms with Crippen LogP contribution < -0.4 is 0 Å². The van der Waals surface area contributed by atoms with Crippen molar-refractivity contribution in [3.63, 3.8) is 0 Å². The average molecular weight is 285 g/mol. The zero-order chi connectivity index (χ0) is 15.6. The summed E-state index contributed by atoms with van der Waals surface area (Å²) in [6.07, 6.45) is 6.66. The molecule has 0 amide bonds. The van der Waals surface area contributed by atoms with Crippen LogP contribution in [0.3, 0.4) is 0 Å². The Morgan fingerprint density at radius 3 is 1.95 bits per heavy atom. The van der Waals surface area contributed by atoms with E-state index in [-0.39, 0.29) is 5.41 Å². The summed E-state index contributed by atoms with van der Waals surface area (Å²) in [4.78, 5) is 0. The predicted molar refractivity (Wildman–Crippen MR) is 86.2 cm³/mol. The predicted octanol–water partition coefficient (Wildman–Crippen LogP) is 5.83. The van der Waals surface area contributed by atoms with Crippen molar-refractivity contribution in [2.45, 2.75) is 92.8 Å². The number of ether oxygens (including phenoxy) is 1. The van der Waals surface area contributed by atoms with E-state index >= 15 is 0 Å². The Kier molecular flexibility index (Phi) is 10.6. The molecule has 0 aliphatic carbocycles. The monoisotopic (exact) mass is 285 g/mol. The highest BCUT2D eigenvalue weighted by atomic mass is 16.6. The van der Waals surface area contributed by atoms with E-state index in [1.807, 2.05) is 0 Å². The van der Waals surface area contributed by atoms with Crippen LogP contribution in [0.5, 0.6) is 0 Å². The fourth-order valence-corrected chi connectivity index (χ4v) is 3.24. The molecule has 0 aliphatic rings. The first-order chi connectivity index (χ1) is 9.49. The smallest absolute Gasteiger partial charge is 0.196 e. The molecule has 121 valence electrons. The zero-order valence-electron chi connectivity index (χ0n) is 14.7. The van der Waals surface area contributed by atoms with Crippen LogP contribution in [0.1, 0.15) is 86.5 Å². The zero-order valence-corrected chi connectivity index (χ0v) is 14.7. The van der Waals surface area contributed by atoms with Gasteiger partial charge in [-0.25, -0.2) is 5.11 Å². The molecule has 0 aromatic carbocycles. The first kappa shape index (κ1) is 19.9. The lowest BCUT2D eigenvalue weighted by atomic mass is 9.77. The minimum atomic E-state index is -0.860. The molecule has 0 saturated heterocycles. The Morgan fingerprint density at radius 1 is 1.00 bits per heavy atom. The Labute approximate surface area is 127 Å². The number of rotatable bonds is 12. The van der Waals surface area contributed by atoms with Crippen molar-refractivity contribution in [2.75, 3.05) is 6.61 Å². The highest BCUT2D eigenvalue weighted by Crippen LogP contribution is 2.37. The van der Waals surface area contributed by atoms with Gasteiger partial charge in [0.1, 0.15) is 0 Å². The molecule has 2 heteroatoms. The summed E-state index contributed by atoms with van der Waals surface area (Å²) in [5.74, 6) is 1.26. The van der Waals surface area contributed by atoms with Crippen molar-refractivity contribution >= 4 is 0 Å². The van der Waals surface area contributed by atoms with Gasteiger partial charge in [-0.05, 0) is 37.5 Å². The lowest BCUT2D eigenvalue weighted by Crippen LogP contribution is -2.36. The minimum absolute atomic E-state index is 0.163. The first-order valence-corrected chi connectivity index (χ1v) is 8.76. The summed E-state index contributed by atoms with van der Waals surface area (Å²) >= 11 is 0. The van der Waals surface area contributed by atoms with E-state index in [1.54, 1.807) is 0 Å². The molecule has 20 heavy (non-hydrogen) atoms. The third kappa shape index (κ3) is 6.13. The van der Waals surface area contributed by atoms with Gasteiger partial charge >= 0.3 is 0 Å². The Bertz CT molecular complexity index is 219. The van der Waals surface area contributed by atoms with E-state index in [4.69, 9.17) is 4.74 Å². The summed E-state index contributed by atoms with van der Waals surface area (Å²) in [6.45, 7) is 13.7. The van der Waals surface area contributed by atoms with Gasteiger partial charge in [-0.3, -0.25) is 0 Å². The molecule has 2 atom stereocenters. The van der Waals surface area contributed by atoms with Crippen molar-refractivity contribution in [1.82, 2.24) is 0 Å². The fourth-order valence-electron chi connectivity index (χ4n) is 3.24. The third-order valence-electron chi connectivity index (χ3n) is 5.08. The molecule has 0 saturated carbocycles. The second-order valence-corrected chi connectivity index (χ2v) is 6.51. The van der Waals surface area contributed by atoms with Gasteiger partial charge in [0, 0.05) is 5.41 Å². The molecule has 0 N–H and O–H groups in total. The van der Waals surface area contributed by atoms with Crippen LogP contribution in [0.2, 0.25) is 0 Å². The molecule has 2 unspecified atom stereocenters. The van der Waals surface area contributed by atoms with E-state index in [0.29, 0.717) is 12.5 Å². The van der Waals surface area contributed by atoms with Gasteiger partial charge < -0.3 is 4.74 Å². The molecular weight excluding hydrogens is 248 g/mol. The SMILES string of the molecule is CCCC(CC)(CC)C([O])OCC(C)CC(CC)CC. The van der Waals surface area contributed by atoms with Crippen molar-refractivity contribution in [2.24, 2.45) is 17.3 Å². The standard InChI is InChI=1S/C18H37O2/c1-7-12-18(10-4,11-5)17(19)20-14-15(6)13-16(8-2)9-3/h15-17H,7-14H2,1-6H3. The molecule has 0 aliphatic heterocycles. The number of hydrogen-bond donors (Lipinski definition) is 0. The van der Waals surface area contributed by atoms with Gasteiger partial charge in [0.05, 0.1) is 6.61 Å². The van der Waals surface area contributed by atoms with Crippen LogP contribution in [0.15, 0.2) is 0 Å². The molecule has 1 radical (unpaired) electrons. The Hall–Kier alpha value is -0.0800. The lowest BCUT2D eigenvalue weighted by molar-refractivity contribution is -0.220. The summed E-state index contributed by atoms with van der Waals surface area (Å²) in [6, 6.07) is 0. The van der Waals surface area contributed by atoms with E-state index in [9.17, 15) is 5.11 Å². The van der Waals surface area contributed by atoms with Crippen LogP contribution in [0, 0.1) is 17.3 Å². The molecule has 0 rings (SSSR count). The van der Waals surface area contributed by atoms with Gasteiger partial charge in [0.15, 0.2) is 6.29 Å². The minimum Gasteiger partial charge on any atom is -0.349 e. The van der Waals surface area contributed by atoms with Crippen molar-refractivity contribution in [3.8, 4) is 0 Å². The van der Waals surface area contributed by atoms with E-state index in [1.165, 1.54) is 19.3 Å². The molecule has 2 nitrogen and oxygen atoms in total. The van der Waals surface area contributed by atoms with Gasteiger partial charge in [0.25, 0.3) is 0 Å². The highest BCUT2D eigenvalue weighted by Gasteiger charge is 2.36. The maximum atomic E-state index is 12.5. The molecule has 0 aromatic rings. The molecule has 0 heterocycles. The van der Waals surface area contributed by atoms with Crippen molar-refractivity contribution in [3.05, 3.63) is 0 Å². The quantitative estimate of drug-likeness (QED) is 0.415. The normalized spacial score (nSPS) is 15.6. The van der Waals surface area contributed by atoms with Crippen molar-refractivity contribution in [1.29, 1.82) is 0 Å². The fraction of sp³-hybridized carbons (Fsp3) is 1.00. The van der Waals surface area contributed by atoms with Gasteiger partial charge in [-0.1, -0.05) is 60.8 Å². The molecule has 0 bridgehead atoms. The molecule has 0 fully saturated rings. The lowest BCUT2D eigenvalue weighted by Gasteiger charge is -2.35. The molecule has 0 spiro atoms. The Balaban J connectivity index is 4.33. The summed E-state index contributed by atoms with van der Waals surface area (Å²) in [5, 5.41) is 12.5. The summed E-state index contributed by atoms with van der Waals surface area (Å²) in [5.41, 5.74) is -0.163. The van der Waals surface area contributed by atoms with Gasteiger partial charge in [0.2, 0.25) is 0 Å². The second-order valence-electron chi connectivity index (χ2n) is 6.51. The second kappa shape index (κ2) is 10.6. The topological polar surface area (TPSA) is 29.1 Å². The summed E-state index contributed by atoms with van der Waals surface area (Å²) < 4.78 is 5.74. The first-order valence-electron chi connectivity index (χ1n) is 8.76. The van der Waals surface area contributed by atoms with Crippen molar-refractivity contribution < 1.29 is 9.84 Å². The average Bonchev–Trinajstić information content (AvgIpc) is 2.47. The molecule has 0 aromatic heterocycles. The maximum Gasteiger partial charge on any atom is 0.196 e. The van der Waals surface area contributed by atoms with Crippen LogP contribution in [0.4, 0.5) is 0 Å². The highest BCUT2D eigenvalue weighted by molar-refractivity contribution is 4.79. The van der Waals surface area contributed by atoms with Crippen LogP contribution in [-0.4, -0.2) is 12.9 Å². The van der Waals surface area contributed by atoms with E-state index in [0.717, 1.165) is 31.6 Å². The third-order valence-corrected chi connectivity index (χ3v) is 5.08. The number of hydrogen-bond acceptors (Lipinski definition) is 1. The summed E-state index contributed by atoms with van der Waals surface area (Å²) in [7, 11) is 0. The van der Waals surface area contributed by atoms with Crippen LogP contribution >= 0.6 is 0 Å². The van der Waals surface area contributed by atoms with Crippen LogP contribution in [0.25, 0.3) is 0 Å². The maximum absolute atomic E-state index is 12.5. The van der Waals surface area contributed by atoms with E-state index in [2.05, 4.69) is 41.5 Å². The largest absolute Gasteiger partial charge is 0.349 e. The van der Waals surface area contributed by atoms with Crippen LogP contribution in [-0.2, 0) is 9.84 Å². The van der Waals surface area contributed by atoms with Gasteiger partial charge in [-0.2, -0.15) is 0 Å².